The third kappa shape index (κ3) is 3.12. The van der Waals surface area contributed by atoms with Crippen molar-refractivity contribution < 1.29 is 9.31 Å². The Bertz CT molecular complexity index is 834. The quantitative estimate of drug-likeness (QED) is 0.525. The molecule has 0 bridgehead atoms. The van der Waals surface area contributed by atoms with E-state index in [0.29, 0.717) is 12.7 Å². The first-order valence-electron chi connectivity index (χ1n) is 8.40. The number of hydrogen-bond donors (Lipinski definition) is 0. The molecule has 3 aromatic carbocycles. The molecule has 0 N–H and O–H groups in total. The molecule has 0 unspecified atom stereocenters. The highest BCUT2D eigenvalue weighted by Gasteiger charge is 2.38. The van der Waals surface area contributed by atoms with Gasteiger partial charge < -0.3 is 9.31 Å². The molecule has 25 heavy (non-hydrogen) atoms. The fourth-order valence-corrected chi connectivity index (χ4v) is 6.09. The molecule has 1 saturated heterocycles. The molecule has 2 nitrogen and oxygen atoms in total. The van der Waals surface area contributed by atoms with E-state index in [4.69, 9.17) is 21.1 Å². The molecule has 0 aliphatic carbocycles. The first-order valence-corrected chi connectivity index (χ1v) is 11.6. The van der Waals surface area contributed by atoms with Gasteiger partial charge in [0.2, 0.25) is 0 Å². The van der Waals surface area contributed by atoms with Crippen LogP contribution in [0.1, 0.15) is 0 Å². The van der Waals surface area contributed by atoms with Gasteiger partial charge in [-0.05, 0) is 5.30 Å². The number of hydrogen-bond acceptors (Lipinski definition) is 3. The van der Waals surface area contributed by atoms with Gasteiger partial charge in [0.25, 0.3) is 6.55 Å². The minimum Gasteiger partial charge on any atom is -0.557 e. The molecular formula is C20H19BO2PS-. The van der Waals surface area contributed by atoms with Crippen LogP contribution in [0.3, 0.4) is 0 Å². The Hall–Kier alpha value is -1.71. The molecule has 0 radical (unpaired) electrons. The highest BCUT2D eigenvalue weighted by Crippen LogP contribution is 2.48. The van der Waals surface area contributed by atoms with Gasteiger partial charge in [-0.2, -0.15) is 0 Å². The zero-order valence-corrected chi connectivity index (χ0v) is 15.5. The molecule has 0 amide bonds. The summed E-state index contributed by atoms with van der Waals surface area (Å²) in [5, 5.41) is 1.18. The maximum Gasteiger partial charge on any atom is 0.299 e. The fourth-order valence-electron chi connectivity index (χ4n) is 3.38. The summed E-state index contributed by atoms with van der Waals surface area (Å²) in [4.78, 5) is 0. The van der Waals surface area contributed by atoms with Gasteiger partial charge in [0.15, 0.2) is 0 Å². The van der Waals surface area contributed by atoms with E-state index in [9.17, 15) is 0 Å². The van der Waals surface area contributed by atoms with Crippen LogP contribution < -0.4 is 16.2 Å². The summed E-state index contributed by atoms with van der Waals surface area (Å²) in [6.45, 7) is -1.70. The van der Waals surface area contributed by atoms with Gasteiger partial charge in [0.05, 0.1) is 0 Å². The normalized spacial score (nSPS) is 18.6. The molecule has 1 heterocycles. The summed E-state index contributed by atoms with van der Waals surface area (Å²) >= 11 is 5.99. The van der Waals surface area contributed by atoms with Crippen molar-refractivity contribution in [3.8, 4) is 0 Å². The minimum atomic E-state index is -1.88. The maximum atomic E-state index is 6.49. The van der Waals surface area contributed by atoms with Crippen molar-refractivity contribution in [1.82, 2.24) is 0 Å². The van der Waals surface area contributed by atoms with Crippen LogP contribution in [0.2, 0.25) is 0 Å². The summed E-state index contributed by atoms with van der Waals surface area (Å²) in [7, 11) is 0. The average molecular weight is 365 g/mol. The molecule has 4 rings (SSSR count). The van der Waals surface area contributed by atoms with Crippen LogP contribution in [0.5, 0.6) is 0 Å². The van der Waals surface area contributed by atoms with E-state index >= 15 is 0 Å². The number of rotatable bonds is 3. The summed E-state index contributed by atoms with van der Waals surface area (Å²) in [5.41, 5.74) is 2.12. The van der Waals surface area contributed by atoms with Gasteiger partial charge in [-0.3, -0.25) is 0 Å². The monoisotopic (exact) mass is 365 g/mol. The Morgan fingerprint density at radius 3 is 1.48 bits per heavy atom. The van der Waals surface area contributed by atoms with Gasteiger partial charge in [-0.25, -0.2) is 0 Å². The zero-order valence-electron chi connectivity index (χ0n) is 13.8. The van der Waals surface area contributed by atoms with Crippen LogP contribution in [-0.4, -0.2) is 19.2 Å². The van der Waals surface area contributed by atoms with Gasteiger partial charge in [0, 0.05) is 18.7 Å². The third-order valence-corrected chi connectivity index (χ3v) is 8.38. The second-order valence-electron chi connectivity index (χ2n) is 6.35. The highest BCUT2D eigenvalue weighted by molar-refractivity contribution is 8.18. The van der Waals surface area contributed by atoms with Crippen LogP contribution in [0, 0.1) is 0 Å². The average Bonchev–Trinajstić information content (AvgIpc) is 2.71. The van der Waals surface area contributed by atoms with Crippen LogP contribution in [0.25, 0.3) is 0 Å². The second kappa shape index (κ2) is 6.89. The molecule has 126 valence electrons. The zero-order chi connectivity index (χ0) is 17.2. The third-order valence-electron chi connectivity index (χ3n) is 4.74. The van der Waals surface area contributed by atoms with E-state index in [0.717, 1.165) is 10.9 Å². The van der Waals surface area contributed by atoms with Gasteiger partial charge >= 0.3 is 0 Å². The van der Waals surface area contributed by atoms with E-state index in [2.05, 4.69) is 36.4 Å². The van der Waals surface area contributed by atoms with Crippen LogP contribution >= 0.6 is 6.04 Å². The van der Waals surface area contributed by atoms with E-state index in [-0.39, 0.29) is 0 Å². The summed E-state index contributed by atoms with van der Waals surface area (Å²) in [6.07, 6.45) is 1.10. The molecule has 1 aliphatic heterocycles. The van der Waals surface area contributed by atoms with Gasteiger partial charge in [-0.1, -0.05) is 103 Å². The standard InChI is InChI=1S/C20H19BO2PS/c25-24(20-14-8-3-9-15-20)16-22-21(23-17-24,18-10-4-1-5-11-18)19-12-6-2-7-13-19/h1-15H,16-17H2/q-1. The van der Waals surface area contributed by atoms with Crippen molar-refractivity contribution in [3.63, 3.8) is 0 Å². The molecule has 1 fully saturated rings. The lowest BCUT2D eigenvalue weighted by Gasteiger charge is -2.50. The van der Waals surface area contributed by atoms with E-state index in [1.54, 1.807) is 0 Å². The molecule has 0 saturated carbocycles. The first-order chi connectivity index (χ1) is 12.2. The number of benzene rings is 3. The van der Waals surface area contributed by atoms with Crippen LogP contribution in [0.4, 0.5) is 0 Å². The Balaban J connectivity index is 1.73. The molecule has 5 heteroatoms. The minimum absolute atomic E-state index is 0.552. The topological polar surface area (TPSA) is 18.5 Å². The van der Waals surface area contributed by atoms with E-state index in [1.807, 2.05) is 54.6 Å². The van der Waals surface area contributed by atoms with Gasteiger partial charge in [0.1, 0.15) is 0 Å². The predicted octanol–water partition coefficient (Wildman–Crippen LogP) is 3.01. The van der Waals surface area contributed by atoms with Gasteiger partial charge in [-0.15, -0.1) is 10.9 Å². The van der Waals surface area contributed by atoms with E-state index < -0.39 is 12.6 Å². The molecule has 0 aromatic heterocycles. The lowest BCUT2D eigenvalue weighted by molar-refractivity contribution is 0.228. The van der Waals surface area contributed by atoms with Crippen molar-refractivity contribution in [2.24, 2.45) is 0 Å². The Morgan fingerprint density at radius 2 is 1.04 bits per heavy atom. The van der Waals surface area contributed by atoms with Crippen molar-refractivity contribution >= 4 is 40.6 Å². The molecular weight excluding hydrogens is 346 g/mol. The van der Waals surface area contributed by atoms with E-state index in [1.165, 1.54) is 5.30 Å². The lowest BCUT2D eigenvalue weighted by Crippen LogP contribution is -2.65. The fraction of sp³-hybridized carbons (Fsp3) is 0.100. The van der Waals surface area contributed by atoms with Crippen LogP contribution in [0.15, 0.2) is 91.0 Å². The van der Waals surface area contributed by atoms with Crippen molar-refractivity contribution in [2.75, 3.05) is 12.7 Å². The lowest BCUT2D eigenvalue weighted by atomic mass is 9.46. The molecule has 1 aliphatic rings. The Morgan fingerprint density at radius 1 is 0.640 bits per heavy atom. The largest absolute Gasteiger partial charge is 0.557 e. The molecule has 0 atom stereocenters. The van der Waals surface area contributed by atoms with Crippen molar-refractivity contribution in [2.45, 2.75) is 0 Å². The molecule has 0 spiro atoms. The Labute approximate surface area is 153 Å². The van der Waals surface area contributed by atoms with Crippen molar-refractivity contribution in [1.29, 1.82) is 0 Å². The van der Waals surface area contributed by atoms with Crippen molar-refractivity contribution in [3.05, 3.63) is 91.0 Å². The smallest absolute Gasteiger partial charge is 0.299 e. The maximum absolute atomic E-state index is 6.49. The highest BCUT2D eigenvalue weighted by atomic mass is 32.4. The Kier molecular flexibility index (Phi) is 4.62. The summed E-state index contributed by atoms with van der Waals surface area (Å²) in [6, 6.07) is 28.8. The summed E-state index contributed by atoms with van der Waals surface area (Å²) in [5.74, 6) is 0. The first kappa shape index (κ1) is 16.7. The SMILES string of the molecule is S=P1(c2ccccc2)CO[B-](c2ccccc2)(c2ccccc2)OC1. The molecule has 3 aromatic rings. The summed E-state index contributed by atoms with van der Waals surface area (Å²) < 4.78 is 13.0. The predicted molar refractivity (Wildman–Crippen MR) is 110 cm³/mol. The second-order valence-corrected chi connectivity index (χ2v) is 11.3. The van der Waals surface area contributed by atoms with Crippen LogP contribution in [-0.2, 0) is 21.1 Å².